The standard InChI is InChI=1S/C26H27FN2O2S/c1-18-12-14-20(15-13-18)29(24(30)17-21-9-6-16-32-21)25(22-10-4-5-11-23(22)27)26(31)28-19-7-2-3-8-19/h4-6,9-16,19,25H,2-3,7-8,17H2,1H3,(H,28,31)/t25-/m1/s1. The van der Waals surface area contributed by atoms with Crippen molar-refractivity contribution >= 4 is 28.8 Å². The molecule has 2 amide bonds. The Labute approximate surface area is 192 Å². The van der Waals surface area contributed by atoms with Gasteiger partial charge in [0, 0.05) is 22.2 Å². The molecule has 1 atom stereocenters. The van der Waals surface area contributed by atoms with E-state index in [1.807, 2.05) is 48.7 Å². The highest BCUT2D eigenvalue weighted by Gasteiger charge is 2.35. The molecule has 0 aliphatic heterocycles. The molecule has 4 rings (SSSR count). The van der Waals surface area contributed by atoms with E-state index < -0.39 is 11.9 Å². The van der Waals surface area contributed by atoms with Gasteiger partial charge in [-0.05, 0) is 49.4 Å². The molecule has 6 heteroatoms. The predicted octanol–water partition coefficient (Wildman–Crippen LogP) is 5.57. The molecule has 1 aromatic heterocycles. The summed E-state index contributed by atoms with van der Waals surface area (Å²) in [6.45, 7) is 1.96. The summed E-state index contributed by atoms with van der Waals surface area (Å²) in [4.78, 5) is 29.5. The molecule has 0 bridgehead atoms. The fourth-order valence-electron chi connectivity index (χ4n) is 4.23. The van der Waals surface area contributed by atoms with Gasteiger partial charge in [0.25, 0.3) is 0 Å². The minimum Gasteiger partial charge on any atom is -0.351 e. The SMILES string of the molecule is Cc1ccc(N(C(=O)Cc2cccs2)[C@@H](C(=O)NC2CCCC2)c2ccccc2F)cc1. The van der Waals surface area contributed by atoms with Crippen molar-refractivity contribution in [2.75, 3.05) is 4.90 Å². The van der Waals surface area contributed by atoms with Crippen molar-refractivity contribution in [1.29, 1.82) is 0 Å². The third kappa shape index (κ3) is 5.07. The van der Waals surface area contributed by atoms with Crippen molar-refractivity contribution in [1.82, 2.24) is 5.32 Å². The molecule has 1 saturated carbocycles. The van der Waals surface area contributed by atoms with E-state index in [2.05, 4.69) is 5.32 Å². The number of benzene rings is 2. The fourth-order valence-corrected chi connectivity index (χ4v) is 4.93. The van der Waals surface area contributed by atoms with Crippen LogP contribution in [0, 0.1) is 12.7 Å². The van der Waals surface area contributed by atoms with Gasteiger partial charge < -0.3 is 5.32 Å². The summed E-state index contributed by atoms with van der Waals surface area (Å²) in [5.74, 6) is -1.09. The number of nitrogens with zero attached hydrogens (tertiary/aromatic N) is 1. The number of nitrogens with one attached hydrogen (secondary N) is 1. The predicted molar refractivity (Wildman–Crippen MR) is 126 cm³/mol. The van der Waals surface area contributed by atoms with E-state index in [1.165, 1.54) is 22.3 Å². The van der Waals surface area contributed by atoms with Gasteiger partial charge in [-0.25, -0.2) is 4.39 Å². The first-order valence-corrected chi connectivity index (χ1v) is 11.9. The molecule has 32 heavy (non-hydrogen) atoms. The number of hydrogen-bond acceptors (Lipinski definition) is 3. The number of aryl methyl sites for hydroxylation is 1. The van der Waals surface area contributed by atoms with E-state index in [-0.39, 0.29) is 29.8 Å². The van der Waals surface area contributed by atoms with Gasteiger partial charge in [-0.2, -0.15) is 0 Å². The number of amides is 2. The largest absolute Gasteiger partial charge is 0.351 e. The molecular formula is C26H27FN2O2S. The molecule has 1 N–H and O–H groups in total. The summed E-state index contributed by atoms with van der Waals surface area (Å²) >= 11 is 1.49. The first kappa shape index (κ1) is 22.2. The smallest absolute Gasteiger partial charge is 0.248 e. The molecule has 4 nitrogen and oxygen atoms in total. The Hall–Kier alpha value is -2.99. The molecular weight excluding hydrogens is 423 g/mol. The minimum atomic E-state index is -1.09. The summed E-state index contributed by atoms with van der Waals surface area (Å²) in [6.07, 6.45) is 4.09. The molecule has 1 aliphatic carbocycles. The van der Waals surface area contributed by atoms with Gasteiger partial charge in [0.05, 0.1) is 6.42 Å². The molecule has 166 valence electrons. The topological polar surface area (TPSA) is 49.4 Å². The average molecular weight is 451 g/mol. The molecule has 0 spiro atoms. The Bertz CT molecular complexity index is 1060. The van der Waals surface area contributed by atoms with Crippen molar-refractivity contribution in [3.8, 4) is 0 Å². The lowest BCUT2D eigenvalue weighted by molar-refractivity contribution is -0.127. The van der Waals surface area contributed by atoms with Crippen molar-refractivity contribution in [2.45, 2.75) is 51.1 Å². The number of anilines is 1. The Kier molecular flexibility index (Phi) is 7.00. The van der Waals surface area contributed by atoms with Crippen molar-refractivity contribution in [2.24, 2.45) is 0 Å². The van der Waals surface area contributed by atoms with E-state index in [1.54, 1.807) is 18.2 Å². The number of carbonyl (C=O) groups is 2. The molecule has 2 aromatic carbocycles. The van der Waals surface area contributed by atoms with Gasteiger partial charge in [0.1, 0.15) is 11.9 Å². The van der Waals surface area contributed by atoms with Crippen LogP contribution in [0.1, 0.15) is 47.7 Å². The number of halogens is 1. The normalized spacial score (nSPS) is 14.8. The van der Waals surface area contributed by atoms with E-state index in [4.69, 9.17) is 0 Å². The monoisotopic (exact) mass is 450 g/mol. The quantitative estimate of drug-likeness (QED) is 0.511. The lowest BCUT2D eigenvalue weighted by Gasteiger charge is -2.32. The third-order valence-electron chi connectivity index (χ3n) is 5.89. The van der Waals surface area contributed by atoms with Crippen LogP contribution in [-0.4, -0.2) is 17.9 Å². The van der Waals surface area contributed by atoms with Crippen LogP contribution in [0.15, 0.2) is 66.0 Å². The molecule has 1 aliphatic rings. The van der Waals surface area contributed by atoms with Crippen molar-refractivity contribution in [3.63, 3.8) is 0 Å². The van der Waals surface area contributed by atoms with Gasteiger partial charge in [0.2, 0.25) is 11.8 Å². The zero-order valence-electron chi connectivity index (χ0n) is 18.1. The maximum atomic E-state index is 15.0. The summed E-state index contributed by atoms with van der Waals surface area (Å²) in [7, 11) is 0. The van der Waals surface area contributed by atoms with Gasteiger partial charge in [0.15, 0.2) is 0 Å². The van der Waals surface area contributed by atoms with Gasteiger partial charge in [-0.15, -0.1) is 11.3 Å². The Morgan fingerprint density at radius 3 is 2.44 bits per heavy atom. The van der Waals surface area contributed by atoms with Crippen LogP contribution in [0.25, 0.3) is 0 Å². The summed E-state index contributed by atoms with van der Waals surface area (Å²) in [6, 6.07) is 16.4. The minimum absolute atomic E-state index is 0.0593. The second-order valence-electron chi connectivity index (χ2n) is 8.27. The second-order valence-corrected chi connectivity index (χ2v) is 9.30. The van der Waals surface area contributed by atoms with Crippen LogP contribution < -0.4 is 10.2 Å². The van der Waals surface area contributed by atoms with Crippen LogP contribution in [0.5, 0.6) is 0 Å². The molecule has 0 unspecified atom stereocenters. The fraction of sp³-hybridized carbons (Fsp3) is 0.308. The van der Waals surface area contributed by atoms with Crippen LogP contribution in [0.3, 0.4) is 0 Å². The Morgan fingerprint density at radius 1 is 1.06 bits per heavy atom. The highest BCUT2D eigenvalue weighted by atomic mass is 32.1. The summed E-state index contributed by atoms with van der Waals surface area (Å²) < 4.78 is 15.0. The summed E-state index contributed by atoms with van der Waals surface area (Å²) in [5, 5.41) is 5.00. The van der Waals surface area contributed by atoms with Crippen LogP contribution in [0.2, 0.25) is 0 Å². The lowest BCUT2D eigenvalue weighted by Crippen LogP contribution is -2.47. The van der Waals surface area contributed by atoms with Crippen LogP contribution >= 0.6 is 11.3 Å². The highest BCUT2D eigenvalue weighted by molar-refractivity contribution is 7.10. The van der Waals surface area contributed by atoms with E-state index in [0.29, 0.717) is 5.69 Å². The molecule has 3 aromatic rings. The van der Waals surface area contributed by atoms with Gasteiger partial charge in [-0.1, -0.05) is 54.8 Å². The van der Waals surface area contributed by atoms with Crippen LogP contribution in [0.4, 0.5) is 10.1 Å². The number of thiophene rings is 1. The highest BCUT2D eigenvalue weighted by Crippen LogP contribution is 2.32. The number of hydrogen-bond donors (Lipinski definition) is 1. The maximum absolute atomic E-state index is 15.0. The Balaban J connectivity index is 1.77. The summed E-state index contributed by atoms with van der Waals surface area (Å²) in [5.41, 5.74) is 1.81. The maximum Gasteiger partial charge on any atom is 0.248 e. The average Bonchev–Trinajstić information content (AvgIpc) is 3.48. The van der Waals surface area contributed by atoms with E-state index in [9.17, 15) is 14.0 Å². The molecule has 1 fully saturated rings. The third-order valence-corrected chi connectivity index (χ3v) is 6.77. The number of carbonyl (C=O) groups excluding carboxylic acids is 2. The molecule has 1 heterocycles. The van der Waals surface area contributed by atoms with Gasteiger partial charge in [-0.3, -0.25) is 14.5 Å². The van der Waals surface area contributed by atoms with Crippen LogP contribution in [-0.2, 0) is 16.0 Å². The Morgan fingerprint density at radius 2 is 1.78 bits per heavy atom. The van der Waals surface area contributed by atoms with E-state index in [0.717, 1.165) is 36.1 Å². The van der Waals surface area contributed by atoms with Crippen molar-refractivity contribution in [3.05, 3.63) is 87.9 Å². The zero-order valence-corrected chi connectivity index (χ0v) is 18.9. The van der Waals surface area contributed by atoms with Crippen molar-refractivity contribution < 1.29 is 14.0 Å². The number of rotatable bonds is 7. The second kappa shape index (κ2) is 10.1. The molecule has 0 saturated heterocycles. The molecule has 0 radical (unpaired) electrons. The first-order chi connectivity index (χ1) is 15.5. The lowest BCUT2D eigenvalue weighted by atomic mass is 10.0. The zero-order chi connectivity index (χ0) is 22.5. The van der Waals surface area contributed by atoms with E-state index >= 15 is 0 Å². The van der Waals surface area contributed by atoms with Gasteiger partial charge >= 0.3 is 0 Å². The first-order valence-electron chi connectivity index (χ1n) is 11.0.